The summed E-state index contributed by atoms with van der Waals surface area (Å²) in [6, 6.07) is 4.30. The molecule has 1 aromatic heterocycles. The third kappa shape index (κ3) is 5.54. The molecule has 0 unspecified atom stereocenters. The molecule has 9 heteroatoms. The summed E-state index contributed by atoms with van der Waals surface area (Å²) in [6.45, 7) is 1.44. The molecule has 1 aliphatic rings. The Balaban J connectivity index is 0.00000225. The first-order valence-electron chi connectivity index (χ1n) is 7.70. The van der Waals surface area contributed by atoms with E-state index in [2.05, 4.69) is 9.84 Å². The first-order chi connectivity index (χ1) is 11.4. The Kier molecular flexibility index (Phi) is 6.18. The molecule has 138 valence electrons. The Hall–Kier alpha value is -1.93. The lowest BCUT2D eigenvalue weighted by atomic mass is 10.1. The van der Waals surface area contributed by atoms with E-state index >= 15 is 0 Å². The number of benzene rings is 1. The zero-order chi connectivity index (χ0) is 17.2. The number of halogens is 4. The molecular weight excluding hydrogens is 359 g/mol. The monoisotopic (exact) mass is 377 g/mol. The second kappa shape index (κ2) is 7.97. The van der Waals surface area contributed by atoms with Gasteiger partial charge in [0.25, 0.3) is 0 Å². The predicted octanol–water partition coefficient (Wildman–Crippen LogP) is 3.62. The van der Waals surface area contributed by atoms with Crippen LogP contribution in [-0.2, 0) is 6.54 Å². The molecule has 0 spiro atoms. The van der Waals surface area contributed by atoms with Crippen LogP contribution in [0.1, 0.15) is 12.8 Å². The minimum absolute atomic E-state index is 0. The Morgan fingerprint density at radius 2 is 2.04 bits per heavy atom. The Morgan fingerprint density at radius 3 is 2.68 bits per heavy atom. The second-order valence-corrected chi connectivity index (χ2v) is 5.74. The maximum Gasteiger partial charge on any atom is 0.573 e. The molecule has 1 aliphatic carbocycles. The standard InChI is InChI=1S/C16H18F3N3O2.ClH/c17-16(18,19)24-15-4-3-13(23-10-11-1-2-11)7-14(15)12-8-21-22(9-12)6-5-20;/h3-4,7-9,11H,1-2,5-6,10,20H2;1H. The number of ether oxygens (including phenoxy) is 2. The van der Waals surface area contributed by atoms with Crippen LogP contribution in [0.4, 0.5) is 13.2 Å². The van der Waals surface area contributed by atoms with Crippen LogP contribution in [0.25, 0.3) is 11.1 Å². The van der Waals surface area contributed by atoms with Gasteiger partial charge in [-0.3, -0.25) is 4.68 Å². The predicted molar refractivity (Wildman–Crippen MR) is 88.9 cm³/mol. The van der Waals surface area contributed by atoms with Crippen LogP contribution in [0.5, 0.6) is 11.5 Å². The van der Waals surface area contributed by atoms with Gasteiger partial charge in [0.15, 0.2) is 0 Å². The van der Waals surface area contributed by atoms with Gasteiger partial charge in [0.1, 0.15) is 11.5 Å². The van der Waals surface area contributed by atoms with E-state index in [1.54, 1.807) is 16.9 Å². The number of nitrogens with zero attached hydrogens (tertiary/aromatic N) is 2. The zero-order valence-corrected chi connectivity index (χ0v) is 14.1. The van der Waals surface area contributed by atoms with Crippen LogP contribution < -0.4 is 15.2 Å². The molecule has 0 radical (unpaired) electrons. The highest BCUT2D eigenvalue weighted by molar-refractivity contribution is 5.85. The second-order valence-electron chi connectivity index (χ2n) is 5.74. The molecule has 0 bridgehead atoms. The van der Waals surface area contributed by atoms with Gasteiger partial charge >= 0.3 is 6.36 Å². The number of aromatic nitrogens is 2. The van der Waals surface area contributed by atoms with Crippen molar-refractivity contribution in [1.82, 2.24) is 9.78 Å². The van der Waals surface area contributed by atoms with E-state index in [1.165, 1.54) is 18.3 Å². The summed E-state index contributed by atoms with van der Waals surface area (Å²) in [6.07, 6.45) is 0.620. The molecular formula is C16H19ClF3N3O2. The van der Waals surface area contributed by atoms with Crippen LogP contribution >= 0.6 is 12.4 Å². The summed E-state index contributed by atoms with van der Waals surface area (Å²) in [5, 5.41) is 4.09. The van der Waals surface area contributed by atoms with Gasteiger partial charge in [0.05, 0.1) is 19.3 Å². The molecule has 0 aliphatic heterocycles. The minimum Gasteiger partial charge on any atom is -0.493 e. The summed E-state index contributed by atoms with van der Waals surface area (Å²) < 4.78 is 49.3. The van der Waals surface area contributed by atoms with Crippen molar-refractivity contribution in [1.29, 1.82) is 0 Å². The van der Waals surface area contributed by atoms with Gasteiger partial charge < -0.3 is 15.2 Å². The van der Waals surface area contributed by atoms with E-state index in [0.717, 1.165) is 12.8 Å². The van der Waals surface area contributed by atoms with Crippen molar-refractivity contribution in [2.24, 2.45) is 11.7 Å². The lowest BCUT2D eigenvalue weighted by Gasteiger charge is -2.14. The van der Waals surface area contributed by atoms with E-state index in [9.17, 15) is 13.2 Å². The average molecular weight is 378 g/mol. The molecule has 5 nitrogen and oxygen atoms in total. The topological polar surface area (TPSA) is 62.3 Å². The summed E-state index contributed by atoms with van der Waals surface area (Å²) in [7, 11) is 0. The molecule has 3 rings (SSSR count). The highest BCUT2D eigenvalue weighted by Gasteiger charge is 2.32. The van der Waals surface area contributed by atoms with E-state index in [1.807, 2.05) is 0 Å². The van der Waals surface area contributed by atoms with Crippen molar-refractivity contribution in [3.63, 3.8) is 0 Å². The van der Waals surface area contributed by atoms with E-state index in [4.69, 9.17) is 10.5 Å². The molecule has 2 aromatic rings. The van der Waals surface area contributed by atoms with Crippen molar-refractivity contribution >= 4 is 12.4 Å². The highest BCUT2D eigenvalue weighted by atomic mass is 35.5. The van der Waals surface area contributed by atoms with Crippen molar-refractivity contribution in [3.8, 4) is 22.6 Å². The lowest BCUT2D eigenvalue weighted by molar-refractivity contribution is -0.274. The van der Waals surface area contributed by atoms with Crippen molar-refractivity contribution < 1.29 is 22.6 Å². The van der Waals surface area contributed by atoms with E-state index in [0.29, 0.717) is 36.9 Å². The highest BCUT2D eigenvalue weighted by Crippen LogP contribution is 2.37. The number of rotatable bonds is 7. The number of alkyl halides is 3. The molecule has 2 N–H and O–H groups in total. The average Bonchev–Trinajstić information content (AvgIpc) is 3.23. The lowest BCUT2D eigenvalue weighted by Crippen LogP contribution is -2.17. The van der Waals surface area contributed by atoms with Gasteiger partial charge in [0, 0.05) is 23.9 Å². The molecule has 0 saturated heterocycles. The number of hydrogen-bond acceptors (Lipinski definition) is 4. The quantitative estimate of drug-likeness (QED) is 0.800. The van der Waals surface area contributed by atoms with Gasteiger partial charge in [-0.15, -0.1) is 25.6 Å². The maximum absolute atomic E-state index is 12.6. The van der Waals surface area contributed by atoms with Crippen molar-refractivity contribution in [2.75, 3.05) is 13.2 Å². The SMILES string of the molecule is Cl.NCCn1cc(-c2cc(OCC3CC3)ccc2OC(F)(F)F)cn1. The zero-order valence-electron chi connectivity index (χ0n) is 13.3. The molecule has 1 aromatic carbocycles. The van der Waals surface area contributed by atoms with Gasteiger partial charge in [-0.25, -0.2) is 0 Å². The van der Waals surface area contributed by atoms with E-state index < -0.39 is 6.36 Å². The summed E-state index contributed by atoms with van der Waals surface area (Å²) in [5.41, 5.74) is 6.26. The Morgan fingerprint density at radius 1 is 1.28 bits per heavy atom. The molecule has 1 saturated carbocycles. The van der Waals surface area contributed by atoms with E-state index in [-0.39, 0.29) is 23.7 Å². The fourth-order valence-electron chi connectivity index (χ4n) is 2.29. The fourth-order valence-corrected chi connectivity index (χ4v) is 2.29. The fraction of sp³-hybridized carbons (Fsp3) is 0.438. The molecule has 25 heavy (non-hydrogen) atoms. The summed E-state index contributed by atoms with van der Waals surface area (Å²) in [4.78, 5) is 0. The first kappa shape index (κ1) is 19.4. The smallest absolute Gasteiger partial charge is 0.493 e. The molecule has 0 atom stereocenters. The third-order valence-corrected chi connectivity index (χ3v) is 3.66. The minimum atomic E-state index is -4.77. The Labute approximate surface area is 149 Å². The van der Waals surface area contributed by atoms with Crippen LogP contribution in [0.3, 0.4) is 0 Å². The van der Waals surface area contributed by atoms with Crippen molar-refractivity contribution in [2.45, 2.75) is 25.7 Å². The molecule has 1 fully saturated rings. The van der Waals surface area contributed by atoms with Crippen LogP contribution in [0, 0.1) is 5.92 Å². The third-order valence-electron chi connectivity index (χ3n) is 3.66. The molecule has 0 amide bonds. The maximum atomic E-state index is 12.6. The normalized spacial score (nSPS) is 14.1. The first-order valence-corrected chi connectivity index (χ1v) is 7.70. The number of nitrogens with two attached hydrogens (primary N) is 1. The van der Waals surface area contributed by atoms with Gasteiger partial charge in [0.2, 0.25) is 0 Å². The van der Waals surface area contributed by atoms with Crippen LogP contribution in [0.15, 0.2) is 30.6 Å². The summed E-state index contributed by atoms with van der Waals surface area (Å²) >= 11 is 0. The van der Waals surface area contributed by atoms with Gasteiger partial charge in [-0.05, 0) is 37.0 Å². The van der Waals surface area contributed by atoms with Crippen LogP contribution in [0.2, 0.25) is 0 Å². The largest absolute Gasteiger partial charge is 0.573 e. The summed E-state index contributed by atoms with van der Waals surface area (Å²) in [5.74, 6) is 0.776. The molecule has 1 heterocycles. The Bertz CT molecular complexity index is 702. The van der Waals surface area contributed by atoms with Crippen LogP contribution in [-0.4, -0.2) is 29.3 Å². The van der Waals surface area contributed by atoms with Gasteiger partial charge in [-0.2, -0.15) is 5.10 Å². The number of hydrogen-bond donors (Lipinski definition) is 1. The van der Waals surface area contributed by atoms with Gasteiger partial charge in [-0.1, -0.05) is 0 Å². The van der Waals surface area contributed by atoms with Crippen molar-refractivity contribution in [3.05, 3.63) is 30.6 Å².